The lowest BCUT2D eigenvalue weighted by Crippen LogP contribution is -2.72. The number of nitrogens with one attached hydrogen (secondary N) is 2. The molecular formula is C28H43N2O19-. The lowest BCUT2D eigenvalue weighted by molar-refractivity contribution is -0.410. The van der Waals surface area contributed by atoms with Gasteiger partial charge in [-0.25, -0.2) is 0 Å². The molecule has 21 nitrogen and oxygen atoms in total. The second-order valence-electron chi connectivity index (χ2n) is 11.7. The van der Waals surface area contributed by atoms with Crippen molar-refractivity contribution in [2.45, 2.75) is 118 Å². The van der Waals surface area contributed by atoms with Crippen LogP contribution in [0.3, 0.4) is 0 Å². The highest BCUT2D eigenvalue weighted by Crippen LogP contribution is 2.38. The van der Waals surface area contributed by atoms with E-state index in [-0.39, 0.29) is 6.61 Å². The fraction of sp³-hybridized carbons (Fsp3) is 0.821. The third kappa shape index (κ3) is 9.19. The largest absolute Gasteiger partial charge is 0.544 e. The molecule has 0 bridgehead atoms. The number of carboxylic acids is 1. The average molecular weight is 712 g/mol. The van der Waals surface area contributed by atoms with E-state index in [0.717, 1.165) is 13.8 Å². The SMILES string of the molecule is C#CCO[C@@H]1O[C@H](CO)[C@@H](O[C@@H]2O[C@H](CO)[C@H](O)[C@H](O[C@]3(C(=O)[O-])C[C@H](O)[C@@H](NC(C)=O)[C@H]([C@@H](O)[C@H](O)CO)O3)[C@H]2O)[C@H](O)[C@H]1NC(C)=O. The van der Waals surface area contributed by atoms with Crippen LogP contribution >= 0.6 is 0 Å². The molecule has 0 aromatic heterocycles. The van der Waals surface area contributed by atoms with Gasteiger partial charge in [-0.2, -0.15) is 0 Å². The van der Waals surface area contributed by atoms with Crippen molar-refractivity contribution in [1.29, 1.82) is 0 Å². The number of carboxylic acid groups (broad SMARTS) is 1. The van der Waals surface area contributed by atoms with Crippen molar-refractivity contribution in [2.24, 2.45) is 0 Å². The van der Waals surface area contributed by atoms with Crippen molar-refractivity contribution < 1.29 is 93.9 Å². The molecule has 0 aliphatic carbocycles. The van der Waals surface area contributed by atoms with Crippen molar-refractivity contribution in [2.75, 3.05) is 26.4 Å². The van der Waals surface area contributed by atoms with Crippen LogP contribution in [0.4, 0.5) is 0 Å². The molecule has 0 aromatic rings. The first kappa shape index (κ1) is 40.8. The molecule has 3 saturated heterocycles. The molecule has 0 spiro atoms. The standard InChI is InChI=1S/C28H44N2O19/c1-4-5-44-25-17(30-11(3)35)20(40)22(15(9-33)46-25)47-26-21(41)24(19(39)14(8-32)45-26)49-28(27(42)43)6-12(36)16(29-10(2)34)23(48-28)18(38)13(37)7-31/h1,12-26,31-33,36-41H,5-9H2,2-3H3,(H,29,34)(H,30,35)(H,42,43)/p-1/t12-,13+,14+,15+,16+,17+,18-,19-,20+,21+,22+,23+,24-,25+,26-,28-/m0/s1. The second-order valence-corrected chi connectivity index (χ2v) is 11.7. The van der Waals surface area contributed by atoms with E-state index in [9.17, 15) is 65.4 Å². The molecule has 3 aliphatic rings. The molecule has 280 valence electrons. The van der Waals surface area contributed by atoms with Crippen LogP contribution in [-0.4, -0.2) is 188 Å². The topological polar surface area (TPSA) is 336 Å². The van der Waals surface area contributed by atoms with Gasteiger partial charge in [0.05, 0.1) is 32.0 Å². The minimum Gasteiger partial charge on any atom is -0.544 e. The first-order chi connectivity index (χ1) is 23.0. The van der Waals surface area contributed by atoms with E-state index in [1.54, 1.807) is 0 Å². The van der Waals surface area contributed by atoms with Gasteiger partial charge in [-0.05, 0) is 0 Å². The van der Waals surface area contributed by atoms with Gasteiger partial charge in [0.1, 0.15) is 79.7 Å². The molecule has 21 heteroatoms. The molecule has 0 unspecified atom stereocenters. The van der Waals surface area contributed by atoms with Gasteiger partial charge in [0.2, 0.25) is 17.6 Å². The maximum absolute atomic E-state index is 12.6. The molecule has 49 heavy (non-hydrogen) atoms. The van der Waals surface area contributed by atoms with Crippen LogP contribution in [0, 0.1) is 12.3 Å². The Morgan fingerprint density at radius 3 is 2.04 bits per heavy atom. The van der Waals surface area contributed by atoms with Crippen molar-refractivity contribution in [1.82, 2.24) is 10.6 Å². The summed E-state index contributed by atoms with van der Waals surface area (Å²) in [6.07, 6.45) is -20.3. The van der Waals surface area contributed by atoms with Crippen molar-refractivity contribution in [3.8, 4) is 12.3 Å². The first-order valence-electron chi connectivity index (χ1n) is 15.1. The molecule has 0 radical (unpaired) electrons. The van der Waals surface area contributed by atoms with E-state index < -0.39 is 142 Å². The number of aliphatic hydroxyl groups excluding tert-OH is 9. The summed E-state index contributed by atoms with van der Waals surface area (Å²) in [7, 11) is 0. The minimum atomic E-state index is -3.15. The Balaban J connectivity index is 1.96. The molecule has 3 aliphatic heterocycles. The Labute approximate surface area is 279 Å². The van der Waals surface area contributed by atoms with Crippen molar-refractivity contribution in [3.05, 3.63) is 0 Å². The Morgan fingerprint density at radius 1 is 0.918 bits per heavy atom. The van der Waals surface area contributed by atoms with E-state index in [4.69, 9.17) is 34.8 Å². The Morgan fingerprint density at radius 2 is 1.51 bits per heavy atom. The molecule has 16 atom stereocenters. The highest BCUT2D eigenvalue weighted by atomic mass is 16.8. The van der Waals surface area contributed by atoms with E-state index >= 15 is 0 Å². The Bertz CT molecular complexity index is 1170. The van der Waals surface area contributed by atoms with Crippen LogP contribution in [-0.2, 0) is 42.8 Å². The molecule has 3 rings (SSSR count). The summed E-state index contributed by atoms with van der Waals surface area (Å²) >= 11 is 0. The Kier molecular flexibility index (Phi) is 14.6. The summed E-state index contributed by atoms with van der Waals surface area (Å²) < 4.78 is 33.3. The third-order valence-electron chi connectivity index (χ3n) is 8.17. The molecular weight excluding hydrogens is 668 g/mol. The van der Waals surface area contributed by atoms with Gasteiger partial charge in [0.15, 0.2) is 12.6 Å². The maximum Gasteiger partial charge on any atom is 0.217 e. The number of hydrogen-bond acceptors (Lipinski definition) is 19. The highest BCUT2D eigenvalue weighted by Gasteiger charge is 2.58. The quantitative estimate of drug-likeness (QED) is 0.0745. The average Bonchev–Trinajstić information content (AvgIpc) is 3.05. The van der Waals surface area contributed by atoms with Crippen LogP contribution < -0.4 is 15.7 Å². The van der Waals surface area contributed by atoms with Crippen LogP contribution in [0.5, 0.6) is 0 Å². The lowest BCUT2D eigenvalue weighted by Gasteiger charge is -2.52. The summed E-state index contributed by atoms with van der Waals surface area (Å²) in [6, 6.07) is -2.94. The van der Waals surface area contributed by atoms with Gasteiger partial charge >= 0.3 is 0 Å². The fourth-order valence-electron chi connectivity index (χ4n) is 5.82. The number of aliphatic hydroxyl groups is 9. The van der Waals surface area contributed by atoms with Gasteiger partial charge in [-0.15, -0.1) is 6.42 Å². The number of amides is 2. The number of aliphatic carboxylic acids is 1. The molecule has 3 fully saturated rings. The zero-order valence-electron chi connectivity index (χ0n) is 26.4. The summed E-state index contributed by atoms with van der Waals surface area (Å²) in [5, 5.41) is 112. The number of rotatable bonds is 14. The predicted octanol–water partition coefficient (Wildman–Crippen LogP) is -8.76. The number of carbonyl (C=O) groups excluding carboxylic acids is 3. The molecule has 0 saturated carbocycles. The number of hydrogen-bond donors (Lipinski definition) is 11. The highest BCUT2D eigenvalue weighted by molar-refractivity contribution is 5.75. The maximum atomic E-state index is 12.6. The third-order valence-corrected chi connectivity index (χ3v) is 8.17. The van der Waals surface area contributed by atoms with Crippen molar-refractivity contribution in [3.63, 3.8) is 0 Å². The van der Waals surface area contributed by atoms with Gasteiger partial charge < -0.3 is 94.9 Å². The molecule has 3 heterocycles. The number of terminal acetylenes is 1. The second kappa shape index (κ2) is 17.5. The zero-order chi connectivity index (χ0) is 36.8. The van der Waals surface area contributed by atoms with E-state index in [1.807, 2.05) is 0 Å². The molecule has 11 N–H and O–H groups in total. The van der Waals surface area contributed by atoms with Crippen LogP contribution in [0.2, 0.25) is 0 Å². The lowest BCUT2D eigenvalue weighted by atomic mass is 9.88. The van der Waals surface area contributed by atoms with E-state index in [2.05, 4.69) is 16.6 Å². The fourth-order valence-corrected chi connectivity index (χ4v) is 5.82. The van der Waals surface area contributed by atoms with E-state index in [0.29, 0.717) is 0 Å². The minimum absolute atomic E-state index is 0.323. The van der Waals surface area contributed by atoms with E-state index in [1.165, 1.54) is 0 Å². The van der Waals surface area contributed by atoms with Gasteiger partial charge in [0.25, 0.3) is 0 Å². The van der Waals surface area contributed by atoms with Gasteiger partial charge in [-0.3, -0.25) is 9.59 Å². The monoisotopic (exact) mass is 711 g/mol. The van der Waals surface area contributed by atoms with Crippen LogP contribution in [0.1, 0.15) is 20.3 Å². The Hall–Kier alpha value is -2.63. The summed E-state index contributed by atoms with van der Waals surface area (Å²) in [4.78, 5) is 36.3. The first-order valence-corrected chi connectivity index (χ1v) is 15.1. The van der Waals surface area contributed by atoms with Crippen LogP contribution in [0.25, 0.3) is 0 Å². The van der Waals surface area contributed by atoms with Crippen molar-refractivity contribution >= 4 is 17.8 Å². The van der Waals surface area contributed by atoms with Gasteiger partial charge in [0, 0.05) is 20.3 Å². The number of ether oxygens (including phenoxy) is 6. The predicted molar refractivity (Wildman–Crippen MR) is 152 cm³/mol. The normalized spacial score (nSPS) is 40.8. The molecule has 0 aromatic carbocycles. The van der Waals surface area contributed by atoms with Gasteiger partial charge in [-0.1, -0.05) is 5.92 Å². The zero-order valence-corrected chi connectivity index (χ0v) is 26.4. The summed E-state index contributed by atoms with van der Waals surface area (Å²) in [5.74, 6) is -4.60. The summed E-state index contributed by atoms with van der Waals surface area (Å²) in [5.41, 5.74) is 0. The smallest absolute Gasteiger partial charge is 0.217 e. The molecule has 2 amide bonds. The van der Waals surface area contributed by atoms with Crippen LogP contribution in [0.15, 0.2) is 0 Å². The summed E-state index contributed by atoms with van der Waals surface area (Å²) in [6.45, 7) is -1.07. The number of carbonyl (C=O) groups is 3.